The zero-order valence-electron chi connectivity index (χ0n) is 10.6. The van der Waals surface area contributed by atoms with Crippen molar-refractivity contribution in [2.75, 3.05) is 0 Å². The van der Waals surface area contributed by atoms with Gasteiger partial charge >= 0.3 is 0 Å². The van der Waals surface area contributed by atoms with Crippen LogP contribution in [0.2, 0.25) is 0 Å². The second-order valence-electron chi connectivity index (χ2n) is 5.30. The smallest absolute Gasteiger partial charge is 0.170 e. The van der Waals surface area contributed by atoms with Crippen molar-refractivity contribution in [1.82, 2.24) is 0 Å². The molecule has 2 heteroatoms. The summed E-state index contributed by atoms with van der Waals surface area (Å²) in [6.45, 7) is 1.31. The van der Waals surface area contributed by atoms with Crippen LogP contribution >= 0.6 is 0 Å². The molecular formula is C17H14O2. The van der Waals surface area contributed by atoms with Crippen molar-refractivity contribution in [1.29, 1.82) is 0 Å². The summed E-state index contributed by atoms with van der Waals surface area (Å²) in [7, 11) is 0. The van der Waals surface area contributed by atoms with Crippen LogP contribution in [0.5, 0.6) is 0 Å². The fraction of sp³-hybridized carbons (Fsp3) is 0.235. The number of carbonyl (C=O) groups is 1. The SMILES string of the molecule is O=C(c1ccc2c(c1)COC2)C1Cc2ccccc21. The fourth-order valence-corrected chi connectivity index (χ4v) is 3.02. The first-order valence-corrected chi connectivity index (χ1v) is 6.64. The lowest BCUT2D eigenvalue weighted by molar-refractivity contribution is 0.0949. The number of ether oxygens (including phenoxy) is 1. The highest BCUT2D eigenvalue weighted by Gasteiger charge is 2.32. The van der Waals surface area contributed by atoms with E-state index in [9.17, 15) is 4.79 Å². The van der Waals surface area contributed by atoms with Crippen LogP contribution in [0, 0.1) is 0 Å². The molecule has 1 heterocycles. The molecule has 0 amide bonds. The van der Waals surface area contributed by atoms with Crippen LogP contribution < -0.4 is 0 Å². The van der Waals surface area contributed by atoms with Gasteiger partial charge in [-0.1, -0.05) is 36.4 Å². The largest absolute Gasteiger partial charge is 0.372 e. The summed E-state index contributed by atoms with van der Waals surface area (Å²) in [5, 5.41) is 0. The van der Waals surface area contributed by atoms with Crippen LogP contribution in [0.1, 0.15) is 38.5 Å². The molecule has 2 aliphatic rings. The van der Waals surface area contributed by atoms with E-state index in [0.29, 0.717) is 13.2 Å². The lowest BCUT2D eigenvalue weighted by atomic mass is 9.73. The Kier molecular flexibility index (Phi) is 2.32. The molecule has 0 saturated carbocycles. The lowest BCUT2D eigenvalue weighted by Gasteiger charge is -2.28. The number of benzene rings is 2. The molecule has 0 N–H and O–H groups in total. The molecule has 2 nitrogen and oxygen atoms in total. The van der Waals surface area contributed by atoms with Gasteiger partial charge in [-0.25, -0.2) is 0 Å². The molecule has 94 valence electrons. The fourth-order valence-electron chi connectivity index (χ4n) is 3.02. The summed E-state index contributed by atoms with van der Waals surface area (Å²) >= 11 is 0. The van der Waals surface area contributed by atoms with E-state index in [1.54, 1.807) is 0 Å². The summed E-state index contributed by atoms with van der Waals surface area (Å²) in [4.78, 5) is 12.5. The van der Waals surface area contributed by atoms with Gasteiger partial charge in [0.2, 0.25) is 0 Å². The van der Waals surface area contributed by atoms with Crippen LogP contribution in [0.25, 0.3) is 0 Å². The quantitative estimate of drug-likeness (QED) is 0.765. The number of fused-ring (bicyclic) bond motifs is 2. The minimum atomic E-state index is 0.0524. The van der Waals surface area contributed by atoms with Gasteiger partial charge in [-0.05, 0) is 34.7 Å². The van der Waals surface area contributed by atoms with Gasteiger partial charge in [-0.2, -0.15) is 0 Å². The minimum Gasteiger partial charge on any atom is -0.372 e. The van der Waals surface area contributed by atoms with Gasteiger partial charge in [-0.3, -0.25) is 4.79 Å². The van der Waals surface area contributed by atoms with Crippen molar-refractivity contribution in [3.05, 3.63) is 70.3 Å². The Bertz CT molecular complexity index is 673. The Balaban J connectivity index is 1.66. The third-order valence-electron chi connectivity index (χ3n) is 4.18. The highest BCUT2D eigenvalue weighted by Crippen LogP contribution is 2.37. The van der Waals surface area contributed by atoms with E-state index in [1.807, 2.05) is 30.3 Å². The van der Waals surface area contributed by atoms with Gasteiger partial charge in [0.25, 0.3) is 0 Å². The molecule has 0 fully saturated rings. The van der Waals surface area contributed by atoms with E-state index >= 15 is 0 Å². The van der Waals surface area contributed by atoms with Crippen molar-refractivity contribution >= 4 is 5.78 Å². The van der Waals surface area contributed by atoms with Crippen molar-refractivity contribution < 1.29 is 9.53 Å². The number of rotatable bonds is 2. The normalized spacial score (nSPS) is 19.5. The average Bonchev–Trinajstić information content (AvgIpc) is 2.87. The average molecular weight is 250 g/mol. The lowest BCUT2D eigenvalue weighted by Crippen LogP contribution is -2.25. The summed E-state index contributed by atoms with van der Waals surface area (Å²) in [6.07, 6.45) is 0.878. The van der Waals surface area contributed by atoms with Gasteiger partial charge in [-0.15, -0.1) is 0 Å². The van der Waals surface area contributed by atoms with E-state index in [0.717, 1.165) is 12.0 Å². The maximum Gasteiger partial charge on any atom is 0.170 e. The van der Waals surface area contributed by atoms with Crippen molar-refractivity contribution in [3.8, 4) is 0 Å². The molecule has 4 rings (SSSR count). The van der Waals surface area contributed by atoms with E-state index in [4.69, 9.17) is 4.74 Å². The Morgan fingerprint density at radius 2 is 1.84 bits per heavy atom. The third-order valence-corrected chi connectivity index (χ3v) is 4.18. The molecule has 1 aliphatic heterocycles. The first-order chi connectivity index (χ1) is 9.33. The molecule has 0 saturated heterocycles. The maximum absolute atomic E-state index is 12.5. The van der Waals surface area contributed by atoms with Crippen molar-refractivity contribution in [2.24, 2.45) is 0 Å². The highest BCUT2D eigenvalue weighted by atomic mass is 16.5. The molecule has 1 atom stereocenters. The van der Waals surface area contributed by atoms with Crippen LogP contribution in [0.3, 0.4) is 0 Å². The van der Waals surface area contributed by atoms with E-state index in [2.05, 4.69) is 12.1 Å². The van der Waals surface area contributed by atoms with Crippen molar-refractivity contribution in [3.63, 3.8) is 0 Å². The molecule has 0 aromatic heterocycles. The molecule has 19 heavy (non-hydrogen) atoms. The number of carbonyl (C=O) groups excluding carboxylic acids is 1. The number of hydrogen-bond donors (Lipinski definition) is 0. The summed E-state index contributed by atoms with van der Waals surface area (Å²) in [5.41, 5.74) is 5.71. The standard InChI is InChI=1S/C17H14O2/c18-17(16-8-11-3-1-2-4-15(11)16)12-5-6-13-9-19-10-14(13)7-12/h1-7,16H,8-10H2. The monoisotopic (exact) mass is 250 g/mol. The Labute approximate surface area is 112 Å². The van der Waals surface area contributed by atoms with Gasteiger partial charge in [0.05, 0.1) is 19.1 Å². The van der Waals surface area contributed by atoms with Crippen molar-refractivity contribution in [2.45, 2.75) is 25.6 Å². The predicted octanol–water partition coefficient (Wildman–Crippen LogP) is 3.24. The topological polar surface area (TPSA) is 26.3 Å². The molecule has 2 aromatic carbocycles. The van der Waals surface area contributed by atoms with Crippen LogP contribution in [-0.2, 0) is 24.4 Å². The summed E-state index contributed by atoms with van der Waals surface area (Å²) < 4.78 is 5.40. The second-order valence-corrected chi connectivity index (χ2v) is 5.30. The summed E-state index contributed by atoms with van der Waals surface area (Å²) in [5.74, 6) is 0.296. The Morgan fingerprint density at radius 3 is 2.74 bits per heavy atom. The van der Waals surface area contributed by atoms with Gasteiger partial charge in [0, 0.05) is 5.56 Å². The molecule has 0 spiro atoms. The zero-order valence-corrected chi connectivity index (χ0v) is 10.6. The molecule has 0 bridgehead atoms. The third kappa shape index (κ3) is 1.64. The number of Topliss-reactive ketones (excluding diaryl/α,β-unsaturated/α-hetero) is 1. The Hall–Kier alpha value is -1.93. The minimum absolute atomic E-state index is 0.0524. The molecule has 1 unspecified atom stereocenters. The number of ketones is 1. The first kappa shape index (κ1) is 10.9. The van der Waals surface area contributed by atoms with Gasteiger partial charge < -0.3 is 4.74 Å². The molecule has 2 aromatic rings. The first-order valence-electron chi connectivity index (χ1n) is 6.64. The molecule has 0 radical (unpaired) electrons. The Morgan fingerprint density at radius 1 is 1.00 bits per heavy atom. The summed E-state index contributed by atoms with van der Waals surface area (Å²) in [6, 6.07) is 14.2. The van der Waals surface area contributed by atoms with Crippen LogP contribution in [0.15, 0.2) is 42.5 Å². The van der Waals surface area contributed by atoms with E-state index in [1.165, 1.54) is 22.3 Å². The van der Waals surface area contributed by atoms with E-state index in [-0.39, 0.29) is 11.7 Å². The zero-order chi connectivity index (χ0) is 12.8. The maximum atomic E-state index is 12.5. The number of hydrogen-bond acceptors (Lipinski definition) is 2. The highest BCUT2D eigenvalue weighted by molar-refractivity contribution is 6.02. The van der Waals surface area contributed by atoms with Gasteiger partial charge in [0.1, 0.15) is 0 Å². The van der Waals surface area contributed by atoms with Gasteiger partial charge in [0.15, 0.2) is 5.78 Å². The van der Waals surface area contributed by atoms with E-state index < -0.39 is 0 Å². The second kappa shape index (κ2) is 4.04. The molecule has 1 aliphatic carbocycles. The van der Waals surface area contributed by atoms with Crippen LogP contribution in [-0.4, -0.2) is 5.78 Å². The predicted molar refractivity (Wildman–Crippen MR) is 72.2 cm³/mol. The molecular weight excluding hydrogens is 236 g/mol. The van der Waals surface area contributed by atoms with Crippen LogP contribution in [0.4, 0.5) is 0 Å².